The quantitative estimate of drug-likeness (QED) is 0.873. The molecule has 0 aromatic heterocycles. The number of hydrogen-bond donors (Lipinski definition) is 1. The van der Waals surface area contributed by atoms with Crippen LogP contribution in [0.15, 0.2) is 18.2 Å². The van der Waals surface area contributed by atoms with E-state index in [4.69, 9.17) is 14.2 Å². The molecule has 1 fully saturated rings. The molecule has 0 amide bonds. The summed E-state index contributed by atoms with van der Waals surface area (Å²) in [6.07, 6.45) is 0.687. The van der Waals surface area contributed by atoms with Gasteiger partial charge in [0.2, 0.25) is 0 Å². The minimum absolute atomic E-state index is 0.252. The van der Waals surface area contributed by atoms with Crippen LogP contribution in [0, 0.1) is 0 Å². The second-order valence-corrected chi connectivity index (χ2v) is 5.94. The molecule has 1 heterocycles. The van der Waals surface area contributed by atoms with Crippen molar-refractivity contribution in [3.63, 3.8) is 0 Å². The first-order valence-electron chi connectivity index (χ1n) is 7.81. The van der Waals surface area contributed by atoms with Crippen LogP contribution in [0.1, 0.15) is 31.9 Å². The van der Waals surface area contributed by atoms with Gasteiger partial charge in [0.1, 0.15) is 0 Å². The fraction of sp³-hybridized carbons (Fsp3) is 0.647. The van der Waals surface area contributed by atoms with Crippen molar-refractivity contribution in [2.75, 3.05) is 33.9 Å². The first kappa shape index (κ1) is 17.1. The van der Waals surface area contributed by atoms with Crippen LogP contribution in [0.25, 0.3) is 0 Å². The van der Waals surface area contributed by atoms with Crippen LogP contribution in [0.3, 0.4) is 0 Å². The Morgan fingerprint density at radius 2 is 1.82 bits per heavy atom. The van der Waals surface area contributed by atoms with Gasteiger partial charge in [-0.1, -0.05) is 6.07 Å². The number of hydrogen-bond acceptors (Lipinski definition) is 5. The van der Waals surface area contributed by atoms with Gasteiger partial charge in [-0.25, -0.2) is 0 Å². The number of morpholine rings is 1. The number of benzene rings is 1. The van der Waals surface area contributed by atoms with Gasteiger partial charge in [-0.15, -0.1) is 0 Å². The van der Waals surface area contributed by atoms with E-state index in [0.717, 1.165) is 25.2 Å². The standard InChI is InChI=1S/C17H27NO4/c1-12-10-18(11-13(2)22-12)8-7-15(19)14-5-6-16(20-3)17(9-14)21-4/h5-6,9,12-13,15,19H,7-8,10-11H2,1-4H3. The van der Waals surface area contributed by atoms with Crippen molar-refractivity contribution in [1.82, 2.24) is 4.90 Å². The highest BCUT2D eigenvalue weighted by atomic mass is 16.5. The fourth-order valence-electron chi connectivity index (χ4n) is 3.00. The smallest absolute Gasteiger partial charge is 0.161 e. The van der Waals surface area contributed by atoms with Crippen molar-refractivity contribution in [3.8, 4) is 11.5 Å². The van der Waals surface area contributed by atoms with Gasteiger partial charge < -0.3 is 19.3 Å². The van der Waals surface area contributed by atoms with Crippen LogP contribution in [-0.2, 0) is 4.74 Å². The van der Waals surface area contributed by atoms with Gasteiger partial charge in [-0.05, 0) is 38.0 Å². The number of rotatable bonds is 6. The minimum atomic E-state index is -0.506. The number of ether oxygens (including phenoxy) is 3. The Bertz CT molecular complexity index is 470. The van der Waals surface area contributed by atoms with Crippen molar-refractivity contribution in [3.05, 3.63) is 23.8 Å². The van der Waals surface area contributed by atoms with Gasteiger partial charge in [0.25, 0.3) is 0 Å². The Morgan fingerprint density at radius 3 is 2.41 bits per heavy atom. The molecule has 2 rings (SSSR count). The lowest BCUT2D eigenvalue weighted by molar-refractivity contribution is -0.0702. The maximum Gasteiger partial charge on any atom is 0.161 e. The lowest BCUT2D eigenvalue weighted by Gasteiger charge is -2.35. The van der Waals surface area contributed by atoms with E-state index >= 15 is 0 Å². The Balaban J connectivity index is 1.93. The van der Waals surface area contributed by atoms with Gasteiger partial charge in [0.15, 0.2) is 11.5 Å². The highest BCUT2D eigenvalue weighted by Gasteiger charge is 2.22. The van der Waals surface area contributed by atoms with E-state index in [1.54, 1.807) is 14.2 Å². The Morgan fingerprint density at radius 1 is 1.18 bits per heavy atom. The van der Waals surface area contributed by atoms with Crippen LogP contribution in [0.4, 0.5) is 0 Å². The molecule has 3 atom stereocenters. The van der Waals surface area contributed by atoms with Gasteiger partial charge in [-0.3, -0.25) is 4.90 Å². The van der Waals surface area contributed by atoms with E-state index in [0.29, 0.717) is 17.9 Å². The molecule has 1 aliphatic rings. The Kier molecular flexibility index (Phi) is 6.06. The fourth-order valence-corrected chi connectivity index (χ4v) is 3.00. The van der Waals surface area contributed by atoms with E-state index in [9.17, 15) is 5.11 Å². The normalized spacial score (nSPS) is 24.0. The van der Waals surface area contributed by atoms with Crippen molar-refractivity contribution in [2.45, 2.75) is 38.6 Å². The number of aliphatic hydroxyl groups is 1. The Labute approximate surface area is 132 Å². The molecule has 3 unspecified atom stereocenters. The predicted octanol–water partition coefficient (Wildman–Crippen LogP) is 2.24. The molecule has 5 heteroatoms. The second kappa shape index (κ2) is 7.81. The highest BCUT2D eigenvalue weighted by molar-refractivity contribution is 5.43. The largest absolute Gasteiger partial charge is 0.493 e. The first-order valence-corrected chi connectivity index (χ1v) is 7.81. The second-order valence-electron chi connectivity index (χ2n) is 5.94. The lowest BCUT2D eigenvalue weighted by atomic mass is 10.1. The van der Waals surface area contributed by atoms with Crippen LogP contribution in [0.5, 0.6) is 11.5 Å². The van der Waals surface area contributed by atoms with Crippen molar-refractivity contribution < 1.29 is 19.3 Å². The molecule has 1 aromatic rings. The zero-order valence-electron chi connectivity index (χ0n) is 13.9. The minimum Gasteiger partial charge on any atom is -0.493 e. The first-order chi connectivity index (χ1) is 10.5. The van der Waals surface area contributed by atoms with Crippen molar-refractivity contribution in [2.24, 2.45) is 0 Å². The number of methoxy groups -OCH3 is 2. The summed E-state index contributed by atoms with van der Waals surface area (Å²) in [6.45, 7) is 6.88. The molecule has 1 aliphatic heterocycles. The highest BCUT2D eigenvalue weighted by Crippen LogP contribution is 2.31. The van der Waals surface area contributed by atoms with Gasteiger partial charge in [0, 0.05) is 19.6 Å². The third-order valence-corrected chi connectivity index (χ3v) is 4.01. The van der Waals surface area contributed by atoms with E-state index in [-0.39, 0.29) is 12.2 Å². The van der Waals surface area contributed by atoms with Crippen LogP contribution in [0.2, 0.25) is 0 Å². The monoisotopic (exact) mass is 309 g/mol. The number of aliphatic hydroxyl groups excluding tert-OH is 1. The van der Waals surface area contributed by atoms with Crippen LogP contribution in [-0.4, -0.2) is 56.1 Å². The molecule has 0 saturated carbocycles. The maximum atomic E-state index is 10.4. The van der Waals surface area contributed by atoms with E-state index < -0.39 is 6.10 Å². The molecule has 1 N–H and O–H groups in total. The molecular formula is C17H27NO4. The molecule has 1 saturated heterocycles. The summed E-state index contributed by atoms with van der Waals surface area (Å²) in [7, 11) is 3.21. The molecular weight excluding hydrogens is 282 g/mol. The van der Waals surface area contributed by atoms with Crippen LogP contribution >= 0.6 is 0 Å². The number of nitrogens with zero attached hydrogens (tertiary/aromatic N) is 1. The van der Waals surface area contributed by atoms with Gasteiger partial charge >= 0.3 is 0 Å². The van der Waals surface area contributed by atoms with Crippen molar-refractivity contribution >= 4 is 0 Å². The third kappa shape index (κ3) is 4.35. The lowest BCUT2D eigenvalue weighted by Crippen LogP contribution is -2.45. The molecule has 0 bridgehead atoms. The summed E-state index contributed by atoms with van der Waals surface area (Å²) in [5.74, 6) is 1.32. The molecule has 0 radical (unpaired) electrons. The average Bonchev–Trinajstić information content (AvgIpc) is 2.51. The molecule has 0 spiro atoms. The topological polar surface area (TPSA) is 51.2 Å². The average molecular weight is 309 g/mol. The summed E-state index contributed by atoms with van der Waals surface area (Å²) in [4.78, 5) is 2.35. The van der Waals surface area contributed by atoms with Gasteiger partial charge in [-0.2, -0.15) is 0 Å². The summed E-state index contributed by atoms with van der Waals surface area (Å²) in [5, 5.41) is 10.4. The zero-order chi connectivity index (χ0) is 16.1. The predicted molar refractivity (Wildman–Crippen MR) is 85.6 cm³/mol. The summed E-state index contributed by atoms with van der Waals surface area (Å²) in [5.41, 5.74) is 0.854. The van der Waals surface area contributed by atoms with Gasteiger partial charge in [0.05, 0.1) is 32.5 Å². The van der Waals surface area contributed by atoms with Crippen LogP contribution < -0.4 is 9.47 Å². The summed E-state index contributed by atoms with van der Waals surface area (Å²) >= 11 is 0. The molecule has 124 valence electrons. The summed E-state index contributed by atoms with van der Waals surface area (Å²) < 4.78 is 16.2. The van der Waals surface area contributed by atoms with E-state index in [1.165, 1.54) is 0 Å². The SMILES string of the molecule is COc1ccc(C(O)CCN2CC(C)OC(C)C2)cc1OC. The maximum absolute atomic E-state index is 10.4. The van der Waals surface area contributed by atoms with Crippen molar-refractivity contribution in [1.29, 1.82) is 0 Å². The van der Waals surface area contributed by atoms with E-state index in [2.05, 4.69) is 18.7 Å². The molecule has 1 aromatic carbocycles. The van der Waals surface area contributed by atoms with E-state index in [1.807, 2.05) is 18.2 Å². The molecule has 5 nitrogen and oxygen atoms in total. The molecule has 0 aliphatic carbocycles. The zero-order valence-corrected chi connectivity index (χ0v) is 13.9. The Hall–Kier alpha value is -1.30. The summed E-state index contributed by atoms with van der Waals surface area (Å²) in [6, 6.07) is 5.56. The molecule has 22 heavy (non-hydrogen) atoms. The third-order valence-electron chi connectivity index (χ3n) is 4.01.